The maximum atomic E-state index is 10.6. The van der Waals surface area contributed by atoms with Gasteiger partial charge in [-0.2, -0.15) is 26.3 Å². The van der Waals surface area contributed by atoms with E-state index in [9.17, 15) is 26.3 Å². The van der Waals surface area contributed by atoms with Crippen LogP contribution in [0.15, 0.2) is 0 Å². The SMILES string of the molecule is Cc1nc2c(n1C(C)C)CN(CC1CC1)CC21CCN(CC(C)C)CC1.O=C(O)C(F)(F)F.O=C(O)C(F)(F)F. The van der Waals surface area contributed by atoms with Crippen molar-refractivity contribution in [1.29, 1.82) is 0 Å². The van der Waals surface area contributed by atoms with Gasteiger partial charge in [0.2, 0.25) is 0 Å². The number of aryl methyl sites for hydroxylation is 1. The van der Waals surface area contributed by atoms with Gasteiger partial charge in [0, 0.05) is 37.6 Å². The molecule has 40 heavy (non-hydrogen) atoms. The summed E-state index contributed by atoms with van der Waals surface area (Å²) in [5.74, 6) is -2.56. The minimum absolute atomic E-state index is 0.293. The molecule has 1 saturated carbocycles. The number of aliphatic carboxylic acids is 2. The Hall–Kier alpha value is -2.35. The van der Waals surface area contributed by atoms with Crippen LogP contribution in [0.25, 0.3) is 0 Å². The monoisotopic (exact) mass is 586 g/mol. The van der Waals surface area contributed by atoms with Crippen LogP contribution in [0.5, 0.6) is 0 Å². The molecule has 2 aliphatic heterocycles. The lowest BCUT2D eigenvalue weighted by atomic mass is 9.72. The number of carboxylic acids is 2. The molecule has 0 bridgehead atoms. The number of likely N-dealkylation sites (tertiary alicyclic amines) is 1. The summed E-state index contributed by atoms with van der Waals surface area (Å²) in [5, 5.41) is 14.2. The predicted octanol–water partition coefficient (Wildman–Crippen LogP) is 5.25. The molecule has 1 aromatic heterocycles. The topological polar surface area (TPSA) is 98.9 Å². The van der Waals surface area contributed by atoms with E-state index in [0.717, 1.165) is 18.4 Å². The number of hydrogen-bond donors (Lipinski definition) is 2. The van der Waals surface area contributed by atoms with Crippen molar-refractivity contribution in [2.45, 2.75) is 90.7 Å². The molecule has 1 spiro atoms. The van der Waals surface area contributed by atoms with Crippen LogP contribution in [0.4, 0.5) is 26.3 Å². The maximum absolute atomic E-state index is 10.6. The number of hydrogen-bond acceptors (Lipinski definition) is 5. The van der Waals surface area contributed by atoms with Crippen molar-refractivity contribution in [3.63, 3.8) is 0 Å². The van der Waals surface area contributed by atoms with E-state index < -0.39 is 24.3 Å². The zero-order chi connectivity index (χ0) is 30.6. The standard InChI is InChI=1S/C22H38N4.2C2HF3O2/c1-16(2)12-24-10-8-22(9-11-24)15-25(13-19-6-7-19)14-20-21(22)23-18(5)26(20)17(3)4;2*3-2(4,5)1(6)7/h16-17,19H,6-15H2,1-5H3;2*(H,6,7). The van der Waals surface area contributed by atoms with Crippen LogP contribution in [0, 0.1) is 18.8 Å². The largest absolute Gasteiger partial charge is 0.490 e. The molecule has 230 valence electrons. The lowest BCUT2D eigenvalue weighted by molar-refractivity contribution is -0.193. The van der Waals surface area contributed by atoms with E-state index in [2.05, 4.69) is 49.0 Å². The Bertz CT molecular complexity index is 986. The number of fused-ring (bicyclic) bond motifs is 2. The number of alkyl halides is 6. The molecular weight excluding hydrogens is 546 g/mol. The summed E-state index contributed by atoms with van der Waals surface area (Å²) in [4.78, 5) is 28.4. The van der Waals surface area contributed by atoms with Gasteiger partial charge in [0.15, 0.2) is 0 Å². The first-order valence-corrected chi connectivity index (χ1v) is 13.4. The Morgan fingerprint density at radius 1 is 0.950 bits per heavy atom. The van der Waals surface area contributed by atoms with Crippen molar-refractivity contribution in [3.8, 4) is 0 Å². The number of carboxylic acid groups (broad SMARTS) is 2. The first-order chi connectivity index (χ1) is 18.3. The molecule has 0 atom stereocenters. The van der Waals surface area contributed by atoms with Crippen LogP contribution in [0.2, 0.25) is 0 Å². The van der Waals surface area contributed by atoms with Gasteiger partial charge in [-0.3, -0.25) is 4.90 Å². The normalized spacial score (nSPS) is 19.5. The van der Waals surface area contributed by atoms with Crippen molar-refractivity contribution < 1.29 is 46.1 Å². The van der Waals surface area contributed by atoms with Crippen LogP contribution in [-0.4, -0.2) is 86.6 Å². The van der Waals surface area contributed by atoms with E-state index >= 15 is 0 Å². The zero-order valence-electron chi connectivity index (χ0n) is 23.6. The number of halogens is 6. The third-order valence-corrected chi connectivity index (χ3v) is 7.24. The number of carbonyl (C=O) groups is 2. The van der Waals surface area contributed by atoms with Gasteiger partial charge in [0.25, 0.3) is 0 Å². The van der Waals surface area contributed by atoms with Gasteiger partial charge in [-0.15, -0.1) is 0 Å². The molecule has 0 amide bonds. The highest BCUT2D eigenvalue weighted by Gasteiger charge is 2.46. The Balaban J connectivity index is 0.000000333. The summed E-state index contributed by atoms with van der Waals surface area (Å²) in [7, 11) is 0. The Morgan fingerprint density at radius 3 is 1.80 bits per heavy atom. The molecule has 1 saturated heterocycles. The minimum atomic E-state index is -5.08. The molecule has 14 heteroatoms. The fourth-order valence-electron chi connectivity index (χ4n) is 5.49. The number of imidazole rings is 1. The van der Waals surface area contributed by atoms with Crippen molar-refractivity contribution in [2.24, 2.45) is 11.8 Å². The van der Waals surface area contributed by atoms with E-state index in [4.69, 9.17) is 24.8 Å². The Morgan fingerprint density at radius 2 is 1.43 bits per heavy atom. The molecule has 3 aliphatic rings. The molecule has 2 fully saturated rings. The van der Waals surface area contributed by atoms with Crippen LogP contribution >= 0.6 is 0 Å². The predicted molar refractivity (Wildman–Crippen MR) is 135 cm³/mol. The Labute approximate surface area is 230 Å². The maximum Gasteiger partial charge on any atom is 0.490 e. The number of nitrogens with zero attached hydrogens (tertiary/aromatic N) is 4. The highest BCUT2D eigenvalue weighted by molar-refractivity contribution is 5.73. The van der Waals surface area contributed by atoms with E-state index in [1.54, 1.807) is 0 Å². The number of piperidine rings is 1. The molecule has 1 aliphatic carbocycles. The number of aromatic nitrogens is 2. The fourth-order valence-corrected chi connectivity index (χ4v) is 5.49. The molecule has 1 aromatic rings. The summed E-state index contributed by atoms with van der Waals surface area (Å²) < 4.78 is 66.0. The summed E-state index contributed by atoms with van der Waals surface area (Å²) in [6.45, 7) is 18.9. The second-order valence-electron chi connectivity index (χ2n) is 11.6. The third-order valence-electron chi connectivity index (χ3n) is 7.24. The molecule has 0 aromatic carbocycles. The highest BCUT2D eigenvalue weighted by atomic mass is 19.4. The van der Waals surface area contributed by atoms with Gasteiger partial charge in [-0.25, -0.2) is 14.6 Å². The average molecular weight is 587 g/mol. The summed E-state index contributed by atoms with van der Waals surface area (Å²) in [6.07, 6.45) is -4.72. The molecule has 3 heterocycles. The minimum Gasteiger partial charge on any atom is -0.475 e. The lowest BCUT2D eigenvalue weighted by Crippen LogP contribution is -2.53. The van der Waals surface area contributed by atoms with Gasteiger partial charge in [0.1, 0.15) is 5.82 Å². The van der Waals surface area contributed by atoms with E-state index in [0.29, 0.717) is 11.5 Å². The molecule has 0 radical (unpaired) electrons. The summed E-state index contributed by atoms with van der Waals surface area (Å²) >= 11 is 0. The average Bonchev–Trinajstić information content (AvgIpc) is 3.54. The van der Waals surface area contributed by atoms with Gasteiger partial charge in [-0.05, 0) is 71.4 Å². The van der Waals surface area contributed by atoms with E-state index in [1.165, 1.54) is 75.6 Å². The molecule has 8 nitrogen and oxygen atoms in total. The van der Waals surface area contributed by atoms with E-state index in [1.807, 2.05) is 0 Å². The summed E-state index contributed by atoms with van der Waals surface area (Å²) in [5.41, 5.74) is 3.28. The third kappa shape index (κ3) is 9.35. The second kappa shape index (κ2) is 13.1. The van der Waals surface area contributed by atoms with E-state index in [-0.39, 0.29) is 0 Å². The van der Waals surface area contributed by atoms with Crippen LogP contribution in [0.1, 0.15) is 76.6 Å². The van der Waals surface area contributed by atoms with Crippen LogP contribution in [-0.2, 0) is 21.5 Å². The zero-order valence-corrected chi connectivity index (χ0v) is 23.6. The first-order valence-electron chi connectivity index (χ1n) is 13.4. The van der Waals surface area contributed by atoms with Gasteiger partial charge in [0.05, 0.1) is 11.4 Å². The Kier molecular flexibility index (Phi) is 11.1. The van der Waals surface area contributed by atoms with Gasteiger partial charge in [-0.1, -0.05) is 13.8 Å². The van der Waals surface area contributed by atoms with Crippen molar-refractivity contribution in [1.82, 2.24) is 19.4 Å². The second-order valence-corrected chi connectivity index (χ2v) is 11.6. The summed E-state index contributed by atoms with van der Waals surface area (Å²) in [6, 6.07) is 0.505. The quantitative estimate of drug-likeness (QED) is 0.455. The molecule has 0 unspecified atom stereocenters. The number of rotatable bonds is 5. The smallest absolute Gasteiger partial charge is 0.475 e. The van der Waals surface area contributed by atoms with Crippen LogP contribution in [0.3, 0.4) is 0 Å². The highest BCUT2D eigenvalue weighted by Crippen LogP contribution is 2.43. The lowest BCUT2D eigenvalue weighted by Gasteiger charge is -2.47. The van der Waals surface area contributed by atoms with Crippen molar-refractivity contribution in [3.05, 3.63) is 17.2 Å². The van der Waals surface area contributed by atoms with Gasteiger partial charge >= 0.3 is 24.3 Å². The fraction of sp³-hybridized carbons (Fsp3) is 0.808. The first kappa shape index (κ1) is 33.9. The molecule has 4 rings (SSSR count). The molecule has 2 N–H and O–H groups in total. The van der Waals surface area contributed by atoms with Crippen molar-refractivity contribution in [2.75, 3.05) is 32.7 Å². The van der Waals surface area contributed by atoms with Gasteiger partial charge < -0.3 is 19.7 Å². The molecular formula is C26H40F6N4O4. The van der Waals surface area contributed by atoms with Crippen LogP contribution < -0.4 is 0 Å². The van der Waals surface area contributed by atoms with Crippen molar-refractivity contribution >= 4 is 11.9 Å².